The van der Waals surface area contributed by atoms with E-state index in [0.29, 0.717) is 12.2 Å². The first kappa shape index (κ1) is 15.0. The molecule has 0 bridgehead atoms. The maximum Gasteiger partial charge on any atom is 0.225 e. The summed E-state index contributed by atoms with van der Waals surface area (Å²) in [4.78, 5) is 15.7. The Bertz CT molecular complexity index is 576. The summed E-state index contributed by atoms with van der Waals surface area (Å²) in [6.07, 6.45) is 3.09. The molecular weight excluding hydrogens is 262 g/mol. The fraction of sp³-hybridized carbons (Fsp3) is 0.294. The van der Waals surface area contributed by atoms with Crippen molar-refractivity contribution in [3.05, 3.63) is 53.7 Å². The van der Waals surface area contributed by atoms with Gasteiger partial charge in [-0.2, -0.15) is 0 Å². The van der Waals surface area contributed by atoms with Crippen molar-refractivity contribution >= 4 is 17.4 Å². The number of hydrogen-bond donors (Lipinski definition) is 2. The number of aryl methyl sites for hydroxylation is 1. The highest BCUT2D eigenvalue weighted by Crippen LogP contribution is 2.12. The lowest BCUT2D eigenvalue weighted by Gasteiger charge is -2.08. The van der Waals surface area contributed by atoms with Crippen LogP contribution in [0.2, 0.25) is 0 Å². The predicted molar refractivity (Wildman–Crippen MR) is 86.3 cm³/mol. The number of nitrogens with zero attached hydrogens (tertiary/aromatic N) is 1. The number of rotatable bonds is 6. The number of hydrogen-bond acceptors (Lipinski definition) is 3. The van der Waals surface area contributed by atoms with Crippen LogP contribution < -0.4 is 10.6 Å². The summed E-state index contributed by atoms with van der Waals surface area (Å²) >= 11 is 0. The average Bonchev–Trinajstić information content (AvgIpc) is 2.48. The Morgan fingerprint density at radius 1 is 1.14 bits per heavy atom. The van der Waals surface area contributed by atoms with E-state index in [2.05, 4.69) is 46.8 Å². The van der Waals surface area contributed by atoms with E-state index in [0.717, 1.165) is 18.7 Å². The number of benzene rings is 1. The Hall–Kier alpha value is -2.36. The van der Waals surface area contributed by atoms with Crippen molar-refractivity contribution in [3.8, 4) is 0 Å². The maximum atomic E-state index is 11.5. The van der Waals surface area contributed by atoms with Crippen molar-refractivity contribution < 1.29 is 4.79 Å². The van der Waals surface area contributed by atoms with E-state index < -0.39 is 0 Å². The molecule has 110 valence electrons. The lowest BCUT2D eigenvalue weighted by molar-refractivity contribution is -0.116. The number of pyridine rings is 1. The molecule has 0 unspecified atom stereocenters. The Labute approximate surface area is 125 Å². The normalized spacial score (nSPS) is 10.2. The third-order valence-corrected chi connectivity index (χ3v) is 3.13. The minimum absolute atomic E-state index is 0.00497. The summed E-state index contributed by atoms with van der Waals surface area (Å²) < 4.78 is 0. The fourth-order valence-corrected chi connectivity index (χ4v) is 1.91. The Morgan fingerprint density at radius 2 is 1.90 bits per heavy atom. The number of carbonyl (C=O) groups is 1. The van der Waals surface area contributed by atoms with Crippen LogP contribution in [0.25, 0.3) is 0 Å². The first-order valence-electron chi connectivity index (χ1n) is 7.22. The largest absolute Gasteiger partial charge is 0.380 e. The molecule has 0 aliphatic heterocycles. The highest BCUT2D eigenvalue weighted by molar-refractivity contribution is 5.89. The molecule has 0 fully saturated rings. The Balaban J connectivity index is 1.87. The molecule has 4 nitrogen and oxygen atoms in total. The quantitative estimate of drug-likeness (QED) is 0.849. The molecule has 0 saturated heterocycles. The molecule has 1 aromatic heterocycles. The van der Waals surface area contributed by atoms with Gasteiger partial charge in [-0.15, -0.1) is 0 Å². The maximum absolute atomic E-state index is 11.5. The fourth-order valence-electron chi connectivity index (χ4n) is 1.91. The Morgan fingerprint density at radius 3 is 2.52 bits per heavy atom. The number of nitrogens with one attached hydrogen (secondary N) is 2. The predicted octanol–water partition coefficient (Wildman–Crippen LogP) is 3.74. The summed E-state index contributed by atoms with van der Waals surface area (Å²) in [5, 5.41) is 6.08. The van der Waals surface area contributed by atoms with Gasteiger partial charge in [-0.05, 0) is 31.0 Å². The van der Waals surface area contributed by atoms with Gasteiger partial charge in [0.25, 0.3) is 0 Å². The van der Waals surface area contributed by atoms with Crippen LogP contribution >= 0.6 is 0 Å². The van der Waals surface area contributed by atoms with Crippen LogP contribution in [0.3, 0.4) is 0 Å². The van der Waals surface area contributed by atoms with Crippen molar-refractivity contribution in [3.63, 3.8) is 0 Å². The van der Waals surface area contributed by atoms with Gasteiger partial charge in [-0.3, -0.25) is 4.79 Å². The number of amides is 1. The van der Waals surface area contributed by atoms with Crippen LogP contribution in [-0.2, 0) is 11.3 Å². The minimum Gasteiger partial charge on any atom is -0.380 e. The van der Waals surface area contributed by atoms with Crippen molar-refractivity contribution in [1.82, 2.24) is 4.98 Å². The van der Waals surface area contributed by atoms with E-state index in [-0.39, 0.29) is 5.91 Å². The van der Waals surface area contributed by atoms with Crippen molar-refractivity contribution in [2.75, 3.05) is 10.6 Å². The van der Waals surface area contributed by atoms with E-state index in [1.165, 1.54) is 11.1 Å². The summed E-state index contributed by atoms with van der Waals surface area (Å²) in [7, 11) is 0. The van der Waals surface area contributed by atoms with Gasteiger partial charge in [0, 0.05) is 13.0 Å². The molecule has 2 rings (SSSR count). The topological polar surface area (TPSA) is 54.0 Å². The van der Waals surface area contributed by atoms with Crippen molar-refractivity contribution in [1.29, 1.82) is 0 Å². The molecule has 0 atom stereocenters. The van der Waals surface area contributed by atoms with Gasteiger partial charge in [0.2, 0.25) is 5.91 Å². The first-order valence-corrected chi connectivity index (χ1v) is 7.22. The molecule has 0 spiro atoms. The van der Waals surface area contributed by atoms with Gasteiger partial charge in [-0.1, -0.05) is 36.8 Å². The van der Waals surface area contributed by atoms with E-state index >= 15 is 0 Å². The molecule has 1 amide bonds. The average molecular weight is 283 g/mol. The van der Waals surface area contributed by atoms with Crippen molar-refractivity contribution in [2.24, 2.45) is 0 Å². The zero-order chi connectivity index (χ0) is 15.1. The Kier molecular flexibility index (Phi) is 5.32. The van der Waals surface area contributed by atoms with E-state index in [4.69, 9.17) is 0 Å². The lowest BCUT2D eigenvalue weighted by atomic mass is 10.1. The molecule has 0 radical (unpaired) electrons. The lowest BCUT2D eigenvalue weighted by Crippen LogP contribution is -2.11. The SMILES string of the molecule is CCCC(=O)Nc1ccc(NCc2ccc(C)cc2)cn1. The van der Waals surface area contributed by atoms with Gasteiger partial charge in [0.15, 0.2) is 0 Å². The third kappa shape index (κ3) is 4.91. The van der Waals surface area contributed by atoms with Gasteiger partial charge in [0.05, 0.1) is 11.9 Å². The smallest absolute Gasteiger partial charge is 0.225 e. The zero-order valence-corrected chi connectivity index (χ0v) is 12.5. The second kappa shape index (κ2) is 7.43. The molecular formula is C17H21N3O. The third-order valence-electron chi connectivity index (χ3n) is 3.13. The van der Waals surface area contributed by atoms with Gasteiger partial charge >= 0.3 is 0 Å². The molecule has 4 heteroatoms. The summed E-state index contributed by atoms with van der Waals surface area (Å²) in [6, 6.07) is 12.1. The van der Waals surface area contributed by atoms with Crippen LogP contribution in [0.4, 0.5) is 11.5 Å². The highest BCUT2D eigenvalue weighted by atomic mass is 16.1. The number of aromatic nitrogens is 1. The molecule has 1 aromatic carbocycles. The molecule has 1 heterocycles. The molecule has 0 aliphatic carbocycles. The number of anilines is 2. The monoisotopic (exact) mass is 283 g/mol. The van der Waals surface area contributed by atoms with Gasteiger partial charge in [-0.25, -0.2) is 4.98 Å². The molecule has 2 aromatic rings. The molecule has 2 N–H and O–H groups in total. The highest BCUT2D eigenvalue weighted by Gasteiger charge is 2.01. The summed E-state index contributed by atoms with van der Waals surface area (Å²) in [6.45, 7) is 4.81. The van der Waals surface area contributed by atoms with Crippen LogP contribution in [0.1, 0.15) is 30.9 Å². The second-order valence-corrected chi connectivity index (χ2v) is 5.07. The zero-order valence-electron chi connectivity index (χ0n) is 12.5. The van der Waals surface area contributed by atoms with E-state index in [1.54, 1.807) is 6.20 Å². The minimum atomic E-state index is 0.00497. The second-order valence-electron chi connectivity index (χ2n) is 5.07. The first-order chi connectivity index (χ1) is 10.2. The van der Waals surface area contributed by atoms with E-state index in [9.17, 15) is 4.79 Å². The van der Waals surface area contributed by atoms with Crippen LogP contribution in [0.5, 0.6) is 0 Å². The van der Waals surface area contributed by atoms with Crippen LogP contribution in [0.15, 0.2) is 42.6 Å². The standard InChI is InChI=1S/C17H21N3O/c1-3-4-17(21)20-16-10-9-15(12-19-16)18-11-14-7-5-13(2)6-8-14/h5-10,12,18H,3-4,11H2,1-2H3,(H,19,20,21). The van der Waals surface area contributed by atoms with Crippen LogP contribution in [-0.4, -0.2) is 10.9 Å². The van der Waals surface area contributed by atoms with Crippen LogP contribution in [0, 0.1) is 6.92 Å². The summed E-state index contributed by atoms with van der Waals surface area (Å²) in [5.74, 6) is 0.597. The number of carbonyl (C=O) groups excluding carboxylic acids is 1. The van der Waals surface area contributed by atoms with Gasteiger partial charge in [0.1, 0.15) is 5.82 Å². The summed E-state index contributed by atoms with van der Waals surface area (Å²) in [5.41, 5.74) is 3.41. The molecule has 21 heavy (non-hydrogen) atoms. The molecule has 0 saturated carbocycles. The van der Waals surface area contributed by atoms with Crippen molar-refractivity contribution in [2.45, 2.75) is 33.2 Å². The van der Waals surface area contributed by atoms with E-state index in [1.807, 2.05) is 19.1 Å². The van der Waals surface area contributed by atoms with Gasteiger partial charge < -0.3 is 10.6 Å². The molecule has 0 aliphatic rings.